The number of hydrogen-bond acceptors (Lipinski definition) is 0. The predicted molar refractivity (Wildman–Crippen MR) is 136 cm³/mol. The molecule has 0 amide bonds. The lowest BCUT2D eigenvalue weighted by Crippen LogP contribution is -2.04. The molecule has 1 saturated carbocycles. The molecule has 1 aliphatic rings. The van der Waals surface area contributed by atoms with Crippen molar-refractivity contribution in [1.82, 2.24) is 0 Å². The third kappa shape index (κ3) is 4.35. The molecule has 31 heavy (non-hydrogen) atoms. The van der Waals surface area contributed by atoms with Crippen LogP contribution in [0.25, 0.3) is 0 Å². The average Bonchev–Trinajstić information content (AvgIpc) is 3.50. The molecule has 2 unspecified atom stereocenters. The van der Waals surface area contributed by atoms with Crippen molar-refractivity contribution >= 4 is 0 Å². The van der Waals surface area contributed by atoms with Gasteiger partial charge in [0, 0.05) is 11.1 Å². The van der Waals surface area contributed by atoms with Crippen molar-refractivity contribution in [2.75, 3.05) is 0 Å². The summed E-state index contributed by atoms with van der Waals surface area (Å²) in [6.07, 6.45) is 6.88. The lowest BCUT2D eigenvalue weighted by molar-refractivity contribution is 0.609. The van der Waals surface area contributed by atoms with Crippen LogP contribution in [-0.4, -0.2) is 0 Å². The van der Waals surface area contributed by atoms with Gasteiger partial charge in [-0.1, -0.05) is 38.0 Å². The molecule has 0 heteroatoms. The minimum absolute atomic E-state index is 0.781. The molecule has 2 aromatic rings. The maximum absolute atomic E-state index is 3.62. The molecule has 166 valence electrons. The maximum Gasteiger partial charge on any atom is 0.0312 e. The highest BCUT2D eigenvalue weighted by molar-refractivity contribution is 5.62. The molecule has 1 fully saturated rings. The molecule has 2 aromatic carbocycles. The zero-order valence-corrected chi connectivity index (χ0v) is 21.7. The molecule has 0 saturated heterocycles. The molecule has 1 aliphatic carbocycles. The second-order valence-electron chi connectivity index (χ2n) is 10.1. The Labute approximate surface area is 191 Å². The first-order chi connectivity index (χ1) is 14.6. The Hall–Kier alpha value is -2.00. The first-order valence-electron chi connectivity index (χ1n) is 12.3. The van der Waals surface area contributed by atoms with Gasteiger partial charge in [0.2, 0.25) is 0 Å². The number of hydrogen-bond donors (Lipinski definition) is 0. The van der Waals surface area contributed by atoms with Crippen molar-refractivity contribution in [3.05, 3.63) is 66.8 Å². The summed E-state index contributed by atoms with van der Waals surface area (Å²) < 4.78 is 0. The molecule has 0 heterocycles. The molecule has 2 atom stereocenters. The molecule has 0 aliphatic heterocycles. The van der Waals surface area contributed by atoms with E-state index >= 15 is 0 Å². The van der Waals surface area contributed by atoms with Crippen LogP contribution in [0, 0.1) is 80.1 Å². The van der Waals surface area contributed by atoms with Crippen LogP contribution >= 0.6 is 0 Å². The van der Waals surface area contributed by atoms with Crippen LogP contribution in [0.4, 0.5) is 0 Å². The second-order valence-corrected chi connectivity index (χ2v) is 10.1. The van der Waals surface area contributed by atoms with E-state index in [0.717, 1.165) is 11.8 Å². The highest BCUT2D eigenvalue weighted by atomic mass is 14.4. The van der Waals surface area contributed by atoms with Gasteiger partial charge in [-0.2, -0.15) is 0 Å². The fraction of sp³-hybridized carbons (Fsp3) is 0.548. The van der Waals surface area contributed by atoms with Gasteiger partial charge in [-0.15, -0.1) is 0 Å². The zero-order valence-electron chi connectivity index (χ0n) is 21.7. The fourth-order valence-corrected chi connectivity index (χ4v) is 5.47. The van der Waals surface area contributed by atoms with Crippen molar-refractivity contribution in [3.63, 3.8) is 0 Å². The van der Waals surface area contributed by atoms with Gasteiger partial charge in [0.05, 0.1) is 0 Å². The molecular formula is C31H42. The lowest BCUT2D eigenvalue weighted by Gasteiger charge is -2.19. The number of rotatable bonds is 5. The molecule has 0 spiro atoms. The van der Waals surface area contributed by atoms with E-state index in [2.05, 4.69) is 81.1 Å². The first kappa shape index (κ1) is 23.7. The van der Waals surface area contributed by atoms with Crippen LogP contribution in [-0.2, 0) is 0 Å². The molecule has 0 nitrogen and oxygen atoms in total. The summed E-state index contributed by atoms with van der Waals surface area (Å²) >= 11 is 0. The Balaban J connectivity index is 2.00. The average molecular weight is 415 g/mol. The molecule has 0 radical (unpaired) electrons. The number of benzene rings is 2. The van der Waals surface area contributed by atoms with E-state index in [0.29, 0.717) is 0 Å². The van der Waals surface area contributed by atoms with Gasteiger partial charge >= 0.3 is 0 Å². The van der Waals surface area contributed by atoms with Crippen molar-refractivity contribution < 1.29 is 0 Å². The van der Waals surface area contributed by atoms with Crippen LogP contribution in [0.15, 0.2) is 0 Å². The fourth-order valence-electron chi connectivity index (χ4n) is 5.47. The summed E-state index contributed by atoms with van der Waals surface area (Å²) in [6.45, 7) is 22.7. The Kier molecular flexibility index (Phi) is 7.05. The van der Waals surface area contributed by atoms with Crippen molar-refractivity contribution in [2.24, 2.45) is 5.92 Å². The normalized spacial score (nSPS) is 17.5. The van der Waals surface area contributed by atoms with Gasteiger partial charge in [-0.3, -0.25) is 0 Å². The van der Waals surface area contributed by atoms with Crippen LogP contribution in [0.1, 0.15) is 112 Å². The van der Waals surface area contributed by atoms with Crippen LogP contribution < -0.4 is 0 Å². The molecular weight excluding hydrogens is 372 g/mol. The van der Waals surface area contributed by atoms with Gasteiger partial charge in [-0.25, -0.2) is 0 Å². The maximum atomic E-state index is 3.62. The molecule has 3 rings (SSSR count). The Morgan fingerprint density at radius 2 is 1.00 bits per heavy atom. The Bertz CT molecular complexity index is 1010. The highest BCUT2D eigenvalue weighted by Crippen LogP contribution is 2.53. The number of unbranched alkanes of at least 4 members (excludes halogenated alkanes) is 2. The molecule has 0 bridgehead atoms. The minimum Gasteiger partial charge on any atom is -0.0654 e. The minimum atomic E-state index is 0.781. The van der Waals surface area contributed by atoms with Gasteiger partial charge in [0.1, 0.15) is 0 Å². The third-order valence-corrected chi connectivity index (χ3v) is 8.47. The van der Waals surface area contributed by atoms with E-state index in [9.17, 15) is 0 Å². The quantitative estimate of drug-likeness (QED) is 0.339. The highest BCUT2D eigenvalue weighted by Gasteiger charge is 2.39. The van der Waals surface area contributed by atoms with E-state index in [1.165, 1.54) is 93.3 Å². The van der Waals surface area contributed by atoms with Gasteiger partial charge in [-0.05, 0) is 143 Å². The first-order valence-corrected chi connectivity index (χ1v) is 12.3. The van der Waals surface area contributed by atoms with Gasteiger partial charge in [0.25, 0.3) is 0 Å². The predicted octanol–water partition coefficient (Wildman–Crippen LogP) is 8.55. The summed E-state index contributed by atoms with van der Waals surface area (Å²) in [6, 6.07) is 0. The summed E-state index contributed by atoms with van der Waals surface area (Å²) in [4.78, 5) is 0. The van der Waals surface area contributed by atoms with E-state index in [4.69, 9.17) is 0 Å². The topological polar surface area (TPSA) is 0 Å². The summed E-state index contributed by atoms with van der Waals surface area (Å²) in [5.41, 5.74) is 16.7. The smallest absolute Gasteiger partial charge is 0.0312 e. The van der Waals surface area contributed by atoms with E-state index in [1.807, 2.05) is 0 Å². The summed E-state index contributed by atoms with van der Waals surface area (Å²) in [7, 11) is 0. The Morgan fingerprint density at radius 3 is 1.45 bits per heavy atom. The standard InChI is InChI=1S/C31H42/c1-11-12-13-14-27-17-30(27)31-25(9)23(7)29(24(8)26(31)10)16-15-28-21(5)19(3)18(2)20(4)22(28)6/h27,30H,11-14,17H2,1-10H3. The van der Waals surface area contributed by atoms with E-state index in [1.54, 1.807) is 5.56 Å². The lowest BCUT2D eigenvalue weighted by atomic mass is 9.85. The van der Waals surface area contributed by atoms with Crippen molar-refractivity contribution in [3.8, 4) is 11.8 Å². The largest absolute Gasteiger partial charge is 0.0654 e. The monoisotopic (exact) mass is 414 g/mol. The van der Waals surface area contributed by atoms with Crippen LogP contribution in [0.2, 0.25) is 0 Å². The third-order valence-electron chi connectivity index (χ3n) is 8.47. The van der Waals surface area contributed by atoms with Crippen LogP contribution in [0.3, 0.4) is 0 Å². The Morgan fingerprint density at radius 1 is 0.581 bits per heavy atom. The van der Waals surface area contributed by atoms with Crippen LogP contribution in [0.5, 0.6) is 0 Å². The van der Waals surface area contributed by atoms with E-state index in [-0.39, 0.29) is 0 Å². The molecule has 0 aromatic heterocycles. The van der Waals surface area contributed by atoms with E-state index < -0.39 is 0 Å². The van der Waals surface area contributed by atoms with Crippen molar-refractivity contribution in [2.45, 2.75) is 107 Å². The van der Waals surface area contributed by atoms with Gasteiger partial charge in [0.15, 0.2) is 0 Å². The summed E-state index contributed by atoms with van der Waals surface area (Å²) in [5, 5.41) is 0. The van der Waals surface area contributed by atoms with Gasteiger partial charge < -0.3 is 0 Å². The molecule has 0 N–H and O–H groups in total. The second kappa shape index (κ2) is 9.24. The SMILES string of the molecule is CCCCCC1CC1c1c(C)c(C)c(C#Cc2c(C)c(C)c(C)c(C)c2C)c(C)c1C. The van der Waals surface area contributed by atoms with Crippen molar-refractivity contribution in [1.29, 1.82) is 0 Å². The summed E-state index contributed by atoms with van der Waals surface area (Å²) in [5.74, 6) is 8.91. The zero-order chi connectivity index (χ0) is 23.0.